The summed E-state index contributed by atoms with van der Waals surface area (Å²) in [5.41, 5.74) is 5.99. The van der Waals surface area contributed by atoms with Crippen molar-refractivity contribution >= 4 is 17.5 Å². The molecule has 1 heterocycles. The quantitative estimate of drug-likeness (QED) is 0.619. The van der Waals surface area contributed by atoms with Gasteiger partial charge in [0.2, 0.25) is 5.91 Å². The second-order valence-electron chi connectivity index (χ2n) is 8.13. The van der Waals surface area contributed by atoms with E-state index in [0.717, 1.165) is 35.2 Å². The minimum atomic E-state index is -0.157. The Morgan fingerprint density at radius 1 is 1.00 bits per heavy atom. The molecule has 3 aromatic carbocycles. The van der Waals surface area contributed by atoms with Crippen molar-refractivity contribution in [1.29, 1.82) is 0 Å². The summed E-state index contributed by atoms with van der Waals surface area (Å²) in [6.45, 7) is 5.17. The van der Waals surface area contributed by atoms with Crippen molar-refractivity contribution in [2.45, 2.75) is 39.2 Å². The molecule has 1 atom stereocenters. The summed E-state index contributed by atoms with van der Waals surface area (Å²) >= 11 is 0. The van der Waals surface area contributed by atoms with E-state index in [4.69, 9.17) is 0 Å². The number of rotatable bonds is 6. The van der Waals surface area contributed by atoms with Crippen molar-refractivity contribution in [3.8, 4) is 0 Å². The third kappa shape index (κ3) is 4.53. The van der Waals surface area contributed by atoms with E-state index in [1.807, 2.05) is 85.5 Å². The Labute approximate surface area is 183 Å². The highest BCUT2D eigenvalue weighted by Gasteiger charge is 2.26. The first-order valence-corrected chi connectivity index (χ1v) is 10.9. The summed E-state index contributed by atoms with van der Waals surface area (Å²) in [5.74, 6) is -0.105. The molecule has 158 valence electrons. The first-order valence-electron chi connectivity index (χ1n) is 10.9. The van der Waals surface area contributed by atoms with Gasteiger partial charge in [0.05, 0.1) is 5.92 Å². The van der Waals surface area contributed by atoms with E-state index in [9.17, 15) is 9.59 Å². The minimum Gasteiger partial charge on any atom is -0.351 e. The Balaban J connectivity index is 1.47. The second kappa shape index (κ2) is 9.17. The maximum atomic E-state index is 13.0. The molecule has 2 amide bonds. The van der Waals surface area contributed by atoms with E-state index in [0.29, 0.717) is 18.7 Å². The third-order valence-corrected chi connectivity index (χ3v) is 5.98. The predicted molar refractivity (Wildman–Crippen MR) is 124 cm³/mol. The van der Waals surface area contributed by atoms with Gasteiger partial charge in [-0.05, 0) is 54.7 Å². The Morgan fingerprint density at radius 2 is 1.74 bits per heavy atom. The number of anilines is 1. The van der Waals surface area contributed by atoms with Gasteiger partial charge < -0.3 is 10.2 Å². The highest BCUT2D eigenvalue weighted by atomic mass is 16.2. The van der Waals surface area contributed by atoms with Gasteiger partial charge in [-0.15, -0.1) is 0 Å². The van der Waals surface area contributed by atoms with Crippen molar-refractivity contribution in [2.24, 2.45) is 0 Å². The van der Waals surface area contributed by atoms with Crippen LogP contribution in [-0.4, -0.2) is 18.4 Å². The van der Waals surface area contributed by atoms with Crippen LogP contribution in [0.1, 0.15) is 51.9 Å². The fourth-order valence-electron chi connectivity index (χ4n) is 4.17. The molecule has 0 aromatic heterocycles. The lowest BCUT2D eigenvalue weighted by atomic mass is 9.95. The number of nitrogens with one attached hydrogen (secondary N) is 1. The highest BCUT2D eigenvalue weighted by molar-refractivity contribution is 6.07. The van der Waals surface area contributed by atoms with Crippen LogP contribution in [0, 0.1) is 6.92 Å². The van der Waals surface area contributed by atoms with Gasteiger partial charge in [0.25, 0.3) is 5.91 Å². The lowest BCUT2D eigenvalue weighted by Gasteiger charge is -2.19. The molecule has 1 aliphatic heterocycles. The van der Waals surface area contributed by atoms with Crippen LogP contribution in [0.3, 0.4) is 0 Å². The molecule has 0 saturated carbocycles. The lowest BCUT2D eigenvalue weighted by molar-refractivity contribution is -0.122. The van der Waals surface area contributed by atoms with Crippen LogP contribution in [0.4, 0.5) is 5.69 Å². The molecule has 1 unspecified atom stereocenters. The first kappa shape index (κ1) is 20.9. The van der Waals surface area contributed by atoms with Gasteiger partial charge in [-0.1, -0.05) is 67.1 Å². The number of carbonyl (C=O) groups excluding carboxylic acids is 2. The van der Waals surface area contributed by atoms with E-state index >= 15 is 0 Å². The summed E-state index contributed by atoms with van der Waals surface area (Å²) in [7, 11) is 0. The predicted octanol–water partition coefficient (Wildman–Crippen LogP) is 5.01. The molecule has 0 saturated heterocycles. The Morgan fingerprint density at radius 3 is 2.45 bits per heavy atom. The number of benzene rings is 3. The fourth-order valence-corrected chi connectivity index (χ4v) is 4.17. The number of nitrogens with zero attached hydrogens (tertiary/aromatic N) is 1. The molecule has 4 heteroatoms. The zero-order valence-corrected chi connectivity index (χ0v) is 18.1. The molecular weight excluding hydrogens is 384 g/mol. The maximum Gasteiger partial charge on any atom is 0.258 e. The summed E-state index contributed by atoms with van der Waals surface area (Å²) < 4.78 is 0. The Kier molecular flexibility index (Phi) is 6.17. The minimum absolute atomic E-state index is 0.0232. The van der Waals surface area contributed by atoms with Gasteiger partial charge in [-0.25, -0.2) is 0 Å². The van der Waals surface area contributed by atoms with Crippen LogP contribution in [0.15, 0.2) is 72.8 Å². The van der Waals surface area contributed by atoms with Gasteiger partial charge in [-0.3, -0.25) is 9.59 Å². The van der Waals surface area contributed by atoms with Crippen molar-refractivity contribution < 1.29 is 9.59 Å². The van der Waals surface area contributed by atoms with Crippen LogP contribution in [0.2, 0.25) is 0 Å². The summed E-state index contributed by atoms with van der Waals surface area (Å²) in [4.78, 5) is 27.7. The van der Waals surface area contributed by atoms with Crippen LogP contribution >= 0.6 is 0 Å². The largest absolute Gasteiger partial charge is 0.351 e. The van der Waals surface area contributed by atoms with E-state index in [1.54, 1.807) is 0 Å². The molecule has 3 aromatic rings. The van der Waals surface area contributed by atoms with Crippen LogP contribution in [0.25, 0.3) is 0 Å². The number of aryl methyl sites for hydroxylation is 1. The molecule has 0 spiro atoms. The zero-order chi connectivity index (χ0) is 21.8. The number of amides is 2. The van der Waals surface area contributed by atoms with Crippen molar-refractivity contribution in [3.05, 3.63) is 101 Å². The standard InChI is InChI=1S/C27H28N2O2/c1-3-24(21-7-5-4-6-8-21)26(30)28-18-20-11-14-22-15-16-29(25(22)17-20)27(31)23-12-9-19(2)10-13-23/h4-14,17,24H,3,15-16,18H2,1-2H3,(H,28,30). The molecule has 0 aliphatic carbocycles. The normalized spacial score (nSPS) is 13.5. The highest BCUT2D eigenvalue weighted by Crippen LogP contribution is 2.30. The third-order valence-electron chi connectivity index (χ3n) is 5.98. The summed E-state index contributed by atoms with van der Waals surface area (Å²) in [5, 5.41) is 3.08. The second-order valence-corrected chi connectivity index (χ2v) is 8.13. The SMILES string of the molecule is CCC(C(=O)NCc1ccc2c(c1)N(C(=O)c1ccc(C)cc1)CC2)c1ccccc1. The molecule has 1 N–H and O–H groups in total. The van der Waals surface area contributed by atoms with Gasteiger partial charge >= 0.3 is 0 Å². The van der Waals surface area contributed by atoms with E-state index in [1.165, 1.54) is 5.56 Å². The number of fused-ring (bicyclic) bond motifs is 1. The topological polar surface area (TPSA) is 49.4 Å². The first-order chi connectivity index (χ1) is 15.1. The monoisotopic (exact) mass is 412 g/mol. The fraction of sp³-hybridized carbons (Fsp3) is 0.259. The van der Waals surface area contributed by atoms with Crippen molar-refractivity contribution in [2.75, 3.05) is 11.4 Å². The van der Waals surface area contributed by atoms with Gasteiger partial charge in [0.15, 0.2) is 0 Å². The van der Waals surface area contributed by atoms with Gasteiger partial charge in [0, 0.05) is 24.3 Å². The summed E-state index contributed by atoms with van der Waals surface area (Å²) in [6, 6.07) is 23.7. The van der Waals surface area contributed by atoms with E-state index in [2.05, 4.69) is 11.4 Å². The molecule has 31 heavy (non-hydrogen) atoms. The maximum absolute atomic E-state index is 13.0. The molecule has 0 radical (unpaired) electrons. The molecule has 4 rings (SSSR count). The number of hydrogen-bond donors (Lipinski definition) is 1. The van der Waals surface area contributed by atoms with Crippen LogP contribution in [-0.2, 0) is 17.8 Å². The average Bonchev–Trinajstić information content (AvgIpc) is 3.22. The molecular formula is C27H28N2O2. The van der Waals surface area contributed by atoms with Crippen LogP contribution < -0.4 is 10.2 Å². The molecule has 0 fully saturated rings. The van der Waals surface area contributed by atoms with E-state index < -0.39 is 0 Å². The smallest absolute Gasteiger partial charge is 0.258 e. The van der Waals surface area contributed by atoms with E-state index in [-0.39, 0.29) is 17.7 Å². The number of carbonyl (C=O) groups is 2. The van der Waals surface area contributed by atoms with Crippen molar-refractivity contribution in [1.82, 2.24) is 5.32 Å². The average molecular weight is 413 g/mol. The molecule has 4 nitrogen and oxygen atoms in total. The van der Waals surface area contributed by atoms with Crippen molar-refractivity contribution in [3.63, 3.8) is 0 Å². The Hall–Kier alpha value is -3.40. The van der Waals surface area contributed by atoms with Crippen LogP contribution in [0.5, 0.6) is 0 Å². The summed E-state index contributed by atoms with van der Waals surface area (Å²) in [6.07, 6.45) is 1.60. The van der Waals surface area contributed by atoms with Gasteiger partial charge in [0.1, 0.15) is 0 Å². The zero-order valence-electron chi connectivity index (χ0n) is 18.1. The Bertz CT molecular complexity index is 1070. The number of hydrogen-bond acceptors (Lipinski definition) is 2. The van der Waals surface area contributed by atoms with Gasteiger partial charge in [-0.2, -0.15) is 0 Å². The molecule has 0 bridgehead atoms. The molecule has 1 aliphatic rings. The lowest BCUT2D eigenvalue weighted by Crippen LogP contribution is -2.30.